The van der Waals surface area contributed by atoms with E-state index in [1.54, 1.807) is 0 Å². The number of aromatic nitrogens is 1. The molecule has 0 bridgehead atoms. The molecule has 0 saturated heterocycles. The Bertz CT molecular complexity index is 378. The summed E-state index contributed by atoms with van der Waals surface area (Å²) >= 11 is 1.89. The highest BCUT2D eigenvalue weighted by Crippen LogP contribution is 2.26. The molecule has 12 heavy (non-hydrogen) atoms. The molecule has 0 atom stereocenters. The third-order valence-corrected chi connectivity index (χ3v) is 2.81. The Labute approximate surface area is 76.2 Å². The molecule has 1 N–H and O–H groups in total. The second-order valence-corrected chi connectivity index (χ2v) is 3.93. The fraction of sp³-hybridized carbons (Fsp3) is 0.200. The number of hydrogen-bond acceptors (Lipinski definition) is 1. The van der Waals surface area contributed by atoms with E-state index in [0.717, 1.165) is 5.75 Å². The molecule has 0 radical (unpaired) electrons. The van der Waals surface area contributed by atoms with E-state index in [0.29, 0.717) is 0 Å². The molecule has 0 aliphatic heterocycles. The molecule has 0 aliphatic carbocycles. The van der Waals surface area contributed by atoms with Gasteiger partial charge in [0, 0.05) is 22.0 Å². The van der Waals surface area contributed by atoms with Crippen LogP contribution in [0.25, 0.3) is 10.9 Å². The van der Waals surface area contributed by atoms with Crippen LogP contribution in [-0.4, -0.2) is 10.7 Å². The van der Waals surface area contributed by atoms with Crippen LogP contribution in [0.15, 0.2) is 35.4 Å². The number of rotatable bonds is 2. The zero-order chi connectivity index (χ0) is 8.39. The first-order valence-corrected chi connectivity index (χ1v) is 5.09. The van der Waals surface area contributed by atoms with Crippen molar-refractivity contribution in [3.8, 4) is 0 Å². The first-order valence-electron chi connectivity index (χ1n) is 4.10. The molecule has 0 unspecified atom stereocenters. The Hall–Kier alpha value is -0.890. The van der Waals surface area contributed by atoms with Gasteiger partial charge in [-0.2, -0.15) is 0 Å². The minimum Gasteiger partial charge on any atom is -0.361 e. The Morgan fingerprint density at radius 2 is 2.25 bits per heavy atom. The molecule has 0 aliphatic rings. The highest BCUT2D eigenvalue weighted by molar-refractivity contribution is 7.99. The maximum Gasteiger partial charge on any atom is 0.0465 e. The molecule has 0 amide bonds. The summed E-state index contributed by atoms with van der Waals surface area (Å²) in [4.78, 5) is 4.58. The second kappa shape index (κ2) is 3.23. The minimum atomic E-state index is 1.13. The van der Waals surface area contributed by atoms with E-state index in [2.05, 4.69) is 36.2 Å². The molecule has 62 valence electrons. The number of hydrogen-bond donors (Lipinski definition) is 1. The first-order chi connectivity index (χ1) is 5.92. The van der Waals surface area contributed by atoms with Crippen LogP contribution in [-0.2, 0) is 0 Å². The monoisotopic (exact) mass is 177 g/mol. The Morgan fingerprint density at radius 3 is 3.08 bits per heavy atom. The van der Waals surface area contributed by atoms with Gasteiger partial charge in [0.1, 0.15) is 0 Å². The van der Waals surface area contributed by atoms with Crippen LogP contribution in [0.3, 0.4) is 0 Å². The fourth-order valence-electron chi connectivity index (χ4n) is 1.34. The Balaban J connectivity index is 2.57. The van der Waals surface area contributed by atoms with E-state index in [1.807, 2.05) is 18.0 Å². The Kier molecular flexibility index (Phi) is 2.09. The van der Waals surface area contributed by atoms with Crippen molar-refractivity contribution in [2.75, 3.05) is 5.75 Å². The summed E-state index contributed by atoms with van der Waals surface area (Å²) in [6.07, 6.45) is 1.99. The number of aromatic amines is 1. The van der Waals surface area contributed by atoms with Gasteiger partial charge in [0.05, 0.1) is 0 Å². The van der Waals surface area contributed by atoms with Crippen molar-refractivity contribution in [3.63, 3.8) is 0 Å². The van der Waals surface area contributed by atoms with Gasteiger partial charge in [-0.3, -0.25) is 0 Å². The highest BCUT2D eigenvalue weighted by Gasteiger charge is 1.99. The lowest BCUT2D eigenvalue weighted by atomic mass is 10.2. The number of thioether (sulfide) groups is 1. The fourth-order valence-corrected chi connectivity index (χ4v) is 2.16. The van der Waals surface area contributed by atoms with Crippen LogP contribution in [0.5, 0.6) is 0 Å². The molecule has 1 heterocycles. The standard InChI is InChI=1S/C10H11NS/c1-2-12-10-5-3-4-9-8(10)6-7-11-9/h3-7,11H,2H2,1H3. The van der Waals surface area contributed by atoms with Gasteiger partial charge in [0.2, 0.25) is 0 Å². The number of nitrogens with one attached hydrogen (secondary N) is 1. The minimum absolute atomic E-state index is 1.13. The molecule has 0 spiro atoms. The molecular weight excluding hydrogens is 166 g/mol. The maximum atomic E-state index is 3.21. The molecule has 2 heteroatoms. The van der Waals surface area contributed by atoms with Crippen LogP contribution in [0, 0.1) is 0 Å². The van der Waals surface area contributed by atoms with Crippen LogP contribution in [0.1, 0.15) is 6.92 Å². The smallest absolute Gasteiger partial charge is 0.0465 e. The molecule has 2 rings (SSSR count). The summed E-state index contributed by atoms with van der Waals surface area (Å²) in [6.45, 7) is 2.18. The predicted molar refractivity (Wildman–Crippen MR) is 54.7 cm³/mol. The average Bonchev–Trinajstić information content (AvgIpc) is 2.53. The summed E-state index contributed by atoms with van der Waals surface area (Å²) in [5.74, 6) is 1.13. The van der Waals surface area contributed by atoms with Gasteiger partial charge in [0.15, 0.2) is 0 Å². The highest BCUT2D eigenvalue weighted by atomic mass is 32.2. The first kappa shape index (κ1) is 7.74. The topological polar surface area (TPSA) is 15.8 Å². The molecule has 1 aromatic heterocycles. The van der Waals surface area contributed by atoms with E-state index in [1.165, 1.54) is 15.8 Å². The van der Waals surface area contributed by atoms with E-state index >= 15 is 0 Å². The van der Waals surface area contributed by atoms with E-state index in [4.69, 9.17) is 0 Å². The third-order valence-electron chi connectivity index (χ3n) is 1.85. The maximum absolute atomic E-state index is 3.21. The van der Waals surface area contributed by atoms with Crippen molar-refractivity contribution < 1.29 is 0 Å². The van der Waals surface area contributed by atoms with Crippen molar-refractivity contribution >= 4 is 22.7 Å². The van der Waals surface area contributed by atoms with Crippen LogP contribution in [0.2, 0.25) is 0 Å². The van der Waals surface area contributed by atoms with Crippen LogP contribution in [0.4, 0.5) is 0 Å². The lowest BCUT2D eigenvalue weighted by Crippen LogP contribution is -1.74. The normalized spacial score (nSPS) is 10.8. The molecule has 0 fully saturated rings. The van der Waals surface area contributed by atoms with Gasteiger partial charge in [-0.15, -0.1) is 11.8 Å². The SMILES string of the molecule is CCSc1cccc2[nH]ccc12. The number of benzene rings is 1. The summed E-state index contributed by atoms with van der Waals surface area (Å²) in [6, 6.07) is 8.50. The van der Waals surface area contributed by atoms with Gasteiger partial charge in [-0.25, -0.2) is 0 Å². The van der Waals surface area contributed by atoms with E-state index in [9.17, 15) is 0 Å². The van der Waals surface area contributed by atoms with Crippen LogP contribution >= 0.6 is 11.8 Å². The number of fused-ring (bicyclic) bond motifs is 1. The van der Waals surface area contributed by atoms with Gasteiger partial charge < -0.3 is 4.98 Å². The van der Waals surface area contributed by atoms with E-state index < -0.39 is 0 Å². The number of H-pyrrole nitrogens is 1. The summed E-state index contributed by atoms with van der Waals surface area (Å²) in [5, 5.41) is 1.34. The van der Waals surface area contributed by atoms with Gasteiger partial charge in [-0.1, -0.05) is 13.0 Å². The predicted octanol–water partition coefficient (Wildman–Crippen LogP) is 3.28. The van der Waals surface area contributed by atoms with Crippen molar-refractivity contribution in [1.29, 1.82) is 0 Å². The third kappa shape index (κ3) is 1.23. The van der Waals surface area contributed by atoms with Crippen molar-refractivity contribution in [3.05, 3.63) is 30.5 Å². The van der Waals surface area contributed by atoms with E-state index in [-0.39, 0.29) is 0 Å². The van der Waals surface area contributed by atoms with Crippen molar-refractivity contribution in [1.82, 2.24) is 4.98 Å². The summed E-state index contributed by atoms with van der Waals surface area (Å²) in [7, 11) is 0. The molecule has 1 aromatic carbocycles. The quantitative estimate of drug-likeness (QED) is 0.696. The lowest BCUT2D eigenvalue weighted by molar-refractivity contribution is 1.45. The summed E-state index contributed by atoms with van der Waals surface area (Å²) < 4.78 is 0. The molecular formula is C10H11NS. The zero-order valence-electron chi connectivity index (χ0n) is 7.00. The largest absolute Gasteiger partial charge is 0.361 e. The zero-order valence-corrected chi connectivity index (χ0v) is 7.82. The van der Waals surface area contributed by atoms with Gasteiger partial charge in [0.25, 0.3) is 0 Å². The average molecular weight is 177 g/mol. The molecule has 0 saturated carbocycles. The summed E-state index contributed by atoms with van der Waals surface area (Å²) in [5.41, 5.74) is 1.23. The van der Waals surface area contributed by atoms with Gasteiger partial charge >= 0.3 is 0 Å². The molecule has 1 nitrogen and oxygen atoms in total. The Morgan fingerprint density at radius 1 is 1.33 bits per heavy atom. The van der Waals surface area contributed by atoms with Crippen molar-refractivity contribution in [2.24, 2.45) is 0 Å². The van der Waals surface area contributed by atoms with Crippen LogP contribution < -0.4 is 0 Å². The van der Waals surface area contributed by atoms with Gasteiger partial charge in [-0.05, 0) is 24.0 Å². The second-order valence-electron chi connectivity index (χ2n) is 2.63. The lowest BCUT2D eigenvalue weighted by Gasteiger charge is -1.99. The molecule has 2 aromatic rings. The van der Waals surface area contributed by atoms with Crippen molar-refractivity contribution in [2.45, 2.75) is 11.8 Å².